The van der Waals surface area contributed by atoms with Gasteiger partial charge in [0, 0.05) is 23.5 Å². The lowest BCUT2D eigenvalue weighted by molar-refractivity contribution is 0.373. The van der Waals surface area contributed by atoms with Gasteiger partial charge >= 0.3 is 0 Å². The molecular weight excluding hydrogens is 422 g/mol. The molecule has 1 aliphatic heterocycles. The molecule has 0 bridgehead atoms. The topological polar surface area (TPSA) is 67.7 Å². The summed E-state index contributed by atoms with van der Waals surface area (Å²) in [5.74, 6) is 0.650. The second kappa shape index (κ2) is 9.07. The summed E-state index contributed by atoms with van der Waals surface area (Å²) in [5.41, 5.74) is 3.97. The number of piperidine rings is 1. The number of aromatic nitrogens is 4. The minimum absolute atomic E-state index is 0.245. The molecule has 4 aromatic rings. The van der Waals surface area contributed by atoms with E-state index in [0.717, 1.165) is 60.0 Å². The average molecular weight is 447 g/mol. The Balaban J connectivity index is 1.54. The monoisotopic (exact) mass is 446 g/mol. The molecule has 168 valence electrons. The summed E-state index contributed by atoms with van der Waals surface area (Å²) in [4.78, 5) is 13.8. The quantitative estimate of drug-likeness (QED) is 0.438. The van der Waals surface area contributed by atoms with Crippen LogP contribution in [0.3, 0.4) is 0 Å². The van der Waals surface area contributed by atoms with E-state index in [1.54, 1.807) is 24.4 Å². The second-order valence-corrected chi connectivity index (χ2v) is 8.17. The standard InChI is InChI=1S/C25H24F2N6/c1-16-14-19(27)6-7-21(16)31-25-29-13-10-22(32-25)23-15-30-24(17-2-4-18(26)5-3-17)33(23)20-8-11-28-12-9-20/h2-7,10,13-15,20,28H,8-9,11-12H2,1H3,(H,29,31,32). The lowest BCUT2D eigenvalue weighted by atomic mass is 10.0. The summed E-state index contributed by atoms with van der Waals surface area (Å²) in [6.07, 6.45) is 5.43. The highest BCUT2D eigenvalue weighted by Crippen LogP contribution is 2.33. The fourth-order valence-corrected chi connectivity index (χ4v) is 4.25. The number of hydrogen-bond acceptors (Lipinski definition) is 5. The number of benzene rings is 2. The third-order valence-corrected chi connectivity index (χ3v) is 5.93. The van der Waals surface area contributed by atoms with E-state index in [1.807, 2.05) is 19.2 Å². The Kier molecular flexibility index (Phi) is 5.83. The summed E-state index contributed by atoms with van der Waals surface area (Å²) in [5, 5.41) is 6.59. The number of halogens is 2. The van der Waals surface area contributed by atoms with Crippen molar-refractivity contribution in [2.45, 2.75) is 25.8 Å². The van der Waals surface area contributed by atoms with Crippen molar-refractivity contribution >= 4 is 11.6 Å². The molecule has 0 saturated carbocycles. The number of rotatable bonds is 5. The third kappa shape index (κ3) is 4.47. The van der Waals surface area contributed by atoms with Crippen molar-refractivity contribution in [1.29, 1.82) is 0 Å². The van der Waals surface area contributed by atoms with Crippen molar-refractivity contribution in [3.8, 4) is 22.8 Å². The van der Waals surface area contributed by atoms with Gasteiger partial charge < -0.3 is 15.2 Å². The fraction of sp³-hybridized carbons (Fsp3) is 0.240. The van der Waals surface area contributed by atoms with E-state index in [0.29, 0.717) is 5.95 Å². The van der Waals surface area contributed by atoms with Gasteiger partial charge in [0.1, 0.15) is 17.5 Å². The molecular formula is C25H24F2N6. The van der Waals surface area contributed by atoms with Crippen LogP contribution < -0.4 is 10.6 Å². The summed E-state index contributed by atoms with van der Waals surface area (Å²) in [6, 6.07) is 13.1. The molecule has 5 rings (SSSR count). The molecule has 0 aliphatic carbocycles. The molecule has 3 heterocycles. The van der Waals surface area contributed by atoms with Crippen LogP contribution in [0, 0.1) is 18.6 Å². The first-order valence-corrected chi connectivity index (χ1v) is 11.0. The van der Waals surface area contributed by atoms with Gasteiger partial charge in [-0.1, -0.05) is 0 Å². The Bertz CT molecular complexity index is 1260. The number of imidazole rings is 1. The van der Waals surface area contributed by atoms with E-state index in [1.165, 1.54) is 24.3 Å². The van der Waals surface area contributed by atoms with Crippen molar-refractivity contribution in [2.24, 2.45) is 0 Å². The number of nitrogens with zero attached hydrogens (tertiary/aromatic N) is 4. The second-order valence-electron chi connectivity index (χ2n) is 8.17. The molecule has 0 radical (unpaired) electrons. The molecule has 0 amide bonds. The van der Waals surface area contributed by atoms with Crippen LogP contribution in [0.15, 0.2) is 60.9 Å². The molecule has 6 nitrogen and oxygen atoms in total. The zero-order chi connectivity index (χ0) is 22.8. The fourth-order valence-electron chi connectivity index (χ4n) is 4.25. The number of nitrogens with one attached hydrogen (secondary N) is 2. The zero-order valence-electron chi connectivity index (χ0n) is 18.2. The highest BCUT2D eigenvalue weighted by molar-refractivity contribution is 5.66. The Labute approximate surface area is 190 Å². The van der Waals surface area contributed by atoms with Crippen LogP contribution in [-0.2, 0) is 0 Å². The molecule has 0 spiro atoms. The number of hydrogen-bond donors (Lipinski definition) is 2. The van der Waals surface area contributed by atoms with Crippen LogP contribution >= 0.6 is 0 Å². The normalized spacial score (nSPS) is 14.4. The van der Waals surface area contributed by atoms with Gasteiger partial charge in [-0.2, -0.15) is 0 Å². The SMILES string of the molecule is Cc1cc(F)ccc1Nc1nccc(-c2cnc(-c3ccc(F)cc3)n2C2CCNCC2)n1. The van der Waals surface area contributed by atoms with Crippen LogP contribution in [0.4, 0.5) is 20.4 Å². The van der Waals surface area contributed by atoms with Crippen LogP contribution in [-0.4, -0.2) is 32.6 Å². The third-order valence-electron chi connectivity index (χ3n) is 5.93. The van der Waals surface area contributed by atoms with E-state index < -0.39 is 0 Å². The zero-order valence-corrected chi connectivity index (χ0v) is 18.2. The highest BCUT2D eigenvalue weighted by Gasteiger charge is 2.23. The van der Waals surface area contributed by atoms with Gasteiger partial charge in [0.25, 0.3) is 0 Å². The van der Waals surface area contributed by atoms with Gasteiger partial charge in [0.2, 0.25) is 5.95 Å². The van der Waals surface area contributed by atoms with E-state index in [-0.39, 0.29) is 17.7 Å². The van der Waals surface area contributed by atoms with E-state index in [9.17, 15) is 8.78 Å². The Morgan fingerprint density at radius 3 is 2.48 bits per heavy atom. The Hall–Kier alpha value is -3.65. The first-order chi connectivity index (χ1) is 16.1. The molecule has 0 unspecified atom stereocenters. The van der Waals surface area contributed by atoms with Crippen LogP contribution in [0.1, 0.15) is 24.4 Å². The molecule has 33 heavy (non-hydrogen) atoms. The van der Waals surface area contributed by atoms with E-state index >= 15 is 0 Å². The molecule has 2 aromatic carbocycles. The maximum Gasteiger partial charge on any atom is 0.227 e. The molecule has 2 aromatic heterocycles. The minimum atomic E-state index is -0.285. The predicted molar refractivity (Wildman–Crippen MR) is 124 cm³/mol. The predicted octanol–water partition coefficient (Wildman–Crippen LogP) is 5.26. The van der Waals surface area contributed by atoms with Crippen molar-refractivity contribution in [2.75, 3.05) is 18.4 Å². The molecule has 1 saturated heterocycles. The van der Waals surface area contributed by atoms with Gasteiger partial charge in [-0.25, -0.2) is 23.7 Å². The summed E-state index contributed by atoms with van der Waals surface area (Å²) in [6.45, 7) is 3.67. The lowest BCUT2D eigenvalue weighted by Crippen LogP contribution is -2.30. The first kappa shape index (κ1) is 21.2. The van der Waals surface area contributed by atoms with E-state index in [4.69, 9.17) is 9.97 Å². The Morgan fingerprint density at radius 1 is 0.970 bits per heavy atom. The lowest BCUT2D eigenvalue weighted by Gasteiger charge is -2.27. The molecule has 0 atom stereocenters. The van der Waals surface area contributed by atoms with Gasteiger partial charge in [-0.3, -0.25) is 0 Å². The van der Waals surface area contributed by atoms with Gasteiger partial charge in [0.15, 0.2) is 0 Å². The van der Waals surface area contributed by atoms with Crippen LogP contribution in [0.2, 0.25) is 0 Å². The van der Waals surface area contributed by atoms with Crippen LogP contribution in [0.5, 0.6) is 0 Å². The van der Waals surface area contributed by atoms with Crippen molar-refractivity contribution in [3.05, 3.63) is 78.1 Å². The summed E-state index contributed by atoms with van der Waals surface area (Å²) < 4.78 is 29.2. The van der Waals surface area contributed by atoms with Crippen molar-refractivity contribution < 1.29 is 8.78 Å². The van der Waals surface area contributed by atoms with Gasteiger partial charge in [0.05, 0.1) is 17.6 Å². The van der Waals surface area contributed by atoms with Gasteiger partial charge in [-0.05, 0) is 86.9 Å². The summed E-state index contributed by atoms with van der Waals surface area (Å²) >= 11 is 0. The molecule has 2 N–H and O–H groups in total. The van der Waals surface area contributed by atoms with Crippen molar-refractivity contribution in [1.82, 2.24) is 24.8 Å². The van der Waals surface area contributed by atoms with Crippen LogP contribution in [0.25, 0.3) is 22.8 Å². The van der Waals surface area contributed by atoms with Crippen molar-refractivity contribution in [3.63, 3.8) is 0 Å². The first-order valence-electron chi connectivity index (χ1n) is 11.0. The number of aryl methyl sites for hydroxylation is 1. The smallest absolute Gasteiger partial charge is 0.227 e. The minimum Gasteiger partial charge on any atom is -0.324 e. The Morgan fingerprint density at radius 2 is 1.73 bits per heavy atom. The highest BCUT2D eigenvalue weighted by atomic mass is 19.1. The van der Waals surface area contributed by atoms with Gasteiger partial charge in [-0.15, -0.1) is 0 Å². The maximum atomic E-state index is 13.5. The largest absolute Gasteiger partial charge is 0.324 e. The molecule has 8 heteroatoms. The summed E-state index contributed by atoms with van der Waals surface area (Å²) in [7, 11) is 0. The molecule has 1 aliphatic rings. The number of anilines is 2. The molecule has 1 fully saturated rings. The van der Waals surface area contributed by atoms with E-state index in [2.05, 4.69) is 20.2 Å². The maximum absolute atomic E-state index is 13.5. The average Bonchev–Trinajstić information content (AvgIpc) is 3.27.